The molecule has 2 N–H and O–H groups in total. The Morgan fingerprint density at radius 1 is 1.26 bits per heavy atom. The van der Waals surface area contributed by atoms with Crippen LogP contribution in [0.2, 0.25) is 5.02 Å². The van der Waals surface area contributed by atoms with Crippen molar-refractivity contribution in [2.45, 2.75) is 13.1 Å². The molecule has 2 heterocycles. The van der Waals surface area contributed by atoms with Crippen LogP contribution in [0.25, 0.3) is 10.9 Å². The topological polar surface area (TPSA) is 27.8 Å². The van der Waals surface area contributed by atoms with E-state index in [2.05, 4.69) is 43.7 Å². The van der Waals surface area contributed by atoms with Crippen molar-refractivity contribution in [3.8, 4) is 0 Å². The standard InChI is InChI=1S/C14H12BrClN2S/c15-10-3-12(19-8-10)7-17-5-9-6-18-14-4-11(16)1-2-13(9)14/h1-4,6,8,17-18H,5,7H2. The second-order valence-corrected chi connectivity index (χ2v) is 6.69. The molecule has 3 rings (SSSR count). The van der Waals surface area contributed by atoms with E-state index in [1.54, 1.807) is 11.3 Å². The van der Waals surface area contributed by atoms with Crippen molar-refractivity contribution in [2.75, 3.05) is 0 Å². The van der Waals surface area contributed by atoms with Gasteiger partial charge in [0.1, 0.15) is 0 Å². The summed E-state index contributed by atoms with van der Waals surface area (Å²) in [6.07, 6.45) is 2.04. The van der Waals surface area contributed by atoms with Gasteiger partial charge < -0.3 is 10.3 Å². The van der Waals surface area contributed by atoms with E-state index in [1.807, 2.05) is 18.3 Å². The van der Waals surface area contributed by atoms with Crippen LogP contribution >= 0.6 is 38.9 Å². The van der Waals surface area contributed by atoms with E-state index in [-0.39, 0.29) is 0 Å². The highest BCUT2D eigenvalue weighted by atomic mass is 79.9. The van der Waals surface area contributed by atoms with Gasteiger partial charge in [0.15, 0.2) is 0 Å². The van der Waals surface area contributed by atoms with Crippen LogP contribution in [-0.4, -0.2) is 4.98 Å². The molecule has 0 bridgehead atoms. The Balaban J connectivity index is 1.68. The normalized spacial score (nSPS) is 11.3. The van der Waals surface area contributed by atoms with Gasteiger partial charge in [-0.15, -0.1) is 11.3 Å². The molecule has 0 amide bonds. The van der Waals surface area contributed by atoms with Gasteiger partial charge in [0, 0.05) is 49.9 Å². The molecule has 3 aromatic rings. The molecule has 2 aromatic heterocycles. The Hall–Kier alpha value is -0.810. The van der Waals surface area contributed by atoms with Crippen molar-refractivity contribution in [3.05, 3.63) is 55.8 Å². The summed E-state index contributed by atoms with van der Waals surface area (Å²) in [5, 5.41) is 7.55. The molecule has 0 aliphatic carbocycles. The molecule has 98 valence electrons. The Labute approximate surface area is 128 Å². The fourth-order valence-corrected chi connectivity index (χ4v) is 3.66. The Kier molecular flexibility index (Phi) is 3.93. The average Bonchev–Trinajstić information content (AvgIpc) is 2.96. The van der Waals surface area contributed by atoms with Crippen LogP contribution in [0.3, 0.4) is 0 Å². The number of hydrogen-bond donors (Lipinski definition) is 2. The van der Waals surface area contributed by atoms with Crippen molar-refractivity contribution in [1.82, 2.24) is 10.3 Å². The highest BCUT2D eigenvalue weighted by Crippen LogP contribution is 2.22. The minimum Gasteiger partial charge on any atom is -0.361 e. The van der Waals surface area contributed by atoms with Crippen molar-refractivity contribution >= 4 is 49.8 Å². The average molecular weight is 356 g/mol. The molecule has 0 radical (unpaired) electrons. The summed E-state index contributed by atoms with van der Waals surface area (Å²) in [6.45, 7) is 1.73. The van der Waals surface area contributed by atoms with Crippen LogP contribution in [0, 0.1) is 0 Å². The van der Waals surface area contributed by atoms with Gasteiger partial charge in [0.05, 0.1) is 0 Å². The van der Waals surface area contributed by atoms with Gasteiger partial charge in [-0.2, -0.15) is 0 Å². The molecule has 0 spiro atoms. The van der Waals surface area contributed by atoms with E-state index in [0.29, 0.717) is 0 Å². The SMILES string of the molecule is Clc1ccc2c(CNCc3cc(Br)cs3)c[nH]c2c1. The first-order chi connectivity index (χ1) is 9.22. The smallest absolute Gasteiger partial charge is 0.0472 e. The van der Waals surface area contributed by atoms with Gasteiger partial charge in [-0.05, 0) is 39.7 Å². The molecule has 0 aliphatic rings. The van der Waals surface area contributed by atoms with Crippen molar-refractivity contribution in [3.63, 3.8) is 0 Å². The minimum absolute atomic E-state index is 0.761. The maximum absolute atomic E-state index is 5.98. The predicted octanol–water partition coefficient (Wildman–Crippen LogP) is 4.94. The summed E-state index contributed by atoms with van der Waals surface area (Å²) in [5.74, 6) is 0. The maximum Gasteiger partial charge on any atom is 0.0472 e. The highest BCUT2D eigenvalue weighted by Gasteiger charge is 2.04. The molecule has 0 fully saturated rings. The molecule has 0 unspecified atom stereocenters. The summed E-state index contributed by atoms with van der Waals surface area (Å²) in [5.41, 5.74) is 2.35. The summed E-state index contributed by atoms with van der Waals surface area (Å²) in [7, 11) is 0. The fraction of sp³-hybridized carbons (Fsp3) is 0.143. The zero-order chi connectivity index (χ0) is 13.2. The number of benzene rings is 1. The van der Waals surface area contributed by atoms with E-state index in [4.69, 9.17) is 11.6 Å². The molecule has 2 nitrogen and oxygen atoms in total. The van der Waals surface area contributed by atoms with Crippen LogP contribution in [0.5, 0.6) is 0 Å². The first-order valence-electron chi connectivity index (χ1n) is 5.91. The van der Waals surface area contributed by atoms with Gasteiger partial charge in [0.25, 0.3) is 0 Å². The Morgan fingerprint density at radius 2 is 2.16 bits per heavy atom. The lowest BCUT2D eigenvalue weighted by Crippen LogP contribution is -2.11. The highest BCUT2D eigenvalue weighted by molar-refractivity contribution is 9.10. The number of halogens is 2. The number of thiophene rings is 1. The summed E-state index contributed by atoms with van der Waals surface area (Å²) < 4.78 is 1.15. The molecule has 0 saturated heterocycles. The van der Waals surface area contributed by atoms with Crippen LogP contribution in [0.4, 0.5) is 0 Å². The lowest BCUT2D eigenvalue weighted by molar-refractivity contribution is 0.704. The van der Waals surface area contributed by atoms with E-state index < -0.39 is 0 Å². The van der Waals surface area contributed by atoms with Gasteiger partial charge >= 0.3 is 0 Å². The largest absolute Gasteiger partial charge is 0.361 e. The predicted molar refractivity (Wildman–Crippen MR) is 85.9 cm³/mol. The van der Waals surface area contributed by atoms with Crippen LogP contribution in [-0.2, 0) is 13.1 Å². The summed E-state index contributed by atoms with van der Waals surface area (Å²) >= 11 is 11.2. The van der Waals surface area contributed by atoms with Gasteiger partial charge in [0.2, 0.25) is 0 Å². The Morgan fingerprint density at radius 3 is 2.95 bits per heavy atom. The molecular formula is C14H12BrClN2S. The van der Waals surface area contributed by atoms with E-state index in [1.165, 1.54) is 15.8 Å². The molecule has 0 saturated carbocycles. The molecule has 0 aliphatic heterocycles. The number of nitrogens with one attached hydrogen (secondary N) is 2. The monoisotopic (exact) mass is 354 g/mol. The molecular weight excluding hydrogens is 344 g/mol. The third-order valence-corrected chi connectivity index (χ3v) is 4.90. The number of aromatic amines is 1. The second kappa shape index (κ2) is 5.67. The number of fused-ring (bicyclic) bond motifs is 1. The first-order valence-corrected chi connectivity index (χ1v) is 7.96. The molecule has 0 atom stereocenters. The van der Waals surface area contributed by atoms with Crippen molar-refractivity contribution in [1.29, 1.82) is 0 Å². The first kappa shape index (κ1) is 13.2. The zero-order valence-corrected chi connectivity index (χ0v) is 13.2. The number of rotatable bonds is 4. The molecule has 1 aromatic carbocycles. The summed E-state index contributed by atoms with van der Waals surface area (Å²) in [4.78, 5) is 4.58. The summed E-state index contributed by atoms with van der Waals surface area (Å²) in [6, 6.07) is 8.09. The molecule has 19 heavy (non-hydrogen) atoms. The lowest BCUT2D eigenvalue weighted by Gasteiger charge is -2.02. The third kappa shape index (κ3) is 3.03. The van der Waals surface area contributed by atoms with Crippen molar-refractivity contribution < 1.29 is 0 Å². The lowest BCUT2D eigenvalue weighted by atomic mass is 10.2. The molecule has 5 heteroatoms. The van der Waals surface area contributed by atoms with Crippen molar-refractivity contribution in [2.24, 2.45) is 0 Å². The minimum atomic E-state index is 0.761. The number of H-pyrrole nitrogens is 1. The fourth-order valence-electron chi connectivity index (χ4n) is 2.07. The van der Waals surface area contributed by atoms with Gasteiger partial charge in [-0.1, -0.05) is 17.7 Å². The zero-order valence-electron chi connectivity index (χ0n) is 10.0. The van der Waals surface area contributed by atoms with E-state index in [0.717, 1.165) is 28.1 Å². The second-order valence-electron chi connectivity index (χ2n) is 4.34. The van der Waals surface area contributed by atoms with Gasteiger partial charge in [-0.25, -0.2) is 0 Å². The van der Waals surface area contributed by atoms with E-state index in [9.17, 15) is 0 Å². The van der Waals surface area contributed by atoms with Crippen LogP contribution in [0.15, 0.2) is 40.3 Å². The van der Waals surface area contributed by atoms with Gasteiger partial charge in [-0.3, -0.25) is 0 Å². The van der Waals surface area contributed by atoms with E-state index >= 15 is 0 Å². The third-order valence-electron chi connectivity index (χ3n) is 2.97. The number of aromatic nitrogens is 1. The Bertz CT molecular complexity index is 704. The maximum atomic E-state index is 5.98. The number of hydrogen-bond acceptors (Lipinski definition) is 2. The van der Waals surface area contributed by atoms with Crippen LogP contribution < -0.4 is 5.32 Å². The van der Waals surface area contributed by atoms with Crippen LogP contribution in [0.1, 0.15) is 10.4 Å². The quantitative estimate of drug-likeness (QED) is 0.682.